The summed E-state index contributed by atoms with van der Waals surface area (Å²) in [7, 11) is 0. The molecule has 0 bridgehead atoms. The highest BCUT2D eigenvalue weighted by atomic mass is 35.5. The summed E-state index contributed by atoms with van der Waals surface area (Å²) in [5.74, 6) is 0.630. The third-order valence-corrected chi connectivity index (χ3v) is 2.88. The van der Waals surface area contributed by atoms with Crippen LogP contribution in [0.3, 0.4) is 0 Å². The summed E-state index contributed by atoms with van der Waals surface area (Å²) in [5.41, 5.74) is 0.839. The average molecular weight is 268 g/mol. The Bertz CT molecular complexity index is 478. The van der Waals surface area contributed by atoms with Crippen LogP contribution in [0.2, 0.25) is 5.02 Å². The molecule has 0 aliphatic carbocycles. The lowest BCUT2D eigenvalue weighted by molar-refractivity contribution is 0.456. The molecule has 4 heteroatoms. The van der Waals surface area contributed by atoms with Crippen LogP contribution in [0.1, 0.15) is 18.2 Å². The zero-order chi connectivity index (χ0) is 13.0. The molecule has 0 radical (unpaired) electrons. The van der Waals surface area contributed by atoms with Crippen molar-refractivity contribution in [2.24, 2.45) is 0 Å². The van der Waals surface area contributed by atoms with E-state index in [1.54, 1.807) is 12.3 Å². The van der Waals surface area contributed by atoms with E-state index in [1.165, 1.54) is 12.1 Å². The Hall–Kier alpha value is -1.32. The van der Waals surface area contributed by atoms with Crippen LogP contribution in [-0.4, -0.2) is 6.04 Å². The first-order chi connectivity index (χ1) is 8.63. The minimum Gasteiger partial charge on any atom is -0.469 e. The molecule has 2 aromatic rings. The molecule has 1 N–H and O–H groups in total. The van der Waals surface area contributed by atoms with Crippen molar-refractivity contribution in [3.63, 3.8) is 0 Å². The van der Waals surface area contributed by atoms with Gasteiger partial charge >= 0.3 is 0 Å². The SMILES string of the molecule is CC(Cc1ccco1)NCc1cc(F)cc(Cl)c1. The van der Waals surface area contributed by atoms with E-state index in [0.717, 1.165) is 17.7 Å². The molecule has 0 saturated carbocycles. The lowest BCUT2D eigenvalue weighted by Gasteiger charge is -2.12. The number of halogens is 2. The van der Waals surface area contributed by atoms with E-state index >= 15 is 0 Å². The van der Waals surface area contributed by atoms with Crippen LogP contribution in [0.25, 0.3) is 0 Å². The maximum atomic E-state index is 13.1. The second-order valence-electron chi connectivity index (χ2n) is 4.34. The van der Waals surface area contributed by atoms with E-state index in [1.807, 2.05) is 12.1 Å². The van der Waals surface area contributed by atoms with Crippen LogP contribution in [0.15, 0.2) is 41.0 Å². The van der Waals surface area contributed by atoms with Gasteiger partial charge in [0.2, 0.25) is 0 Å². The third-order valence-electron chi connectivity index (χ3n) is 2.66. The molecule has 96 valence electrons. The number of nitrogens with one attached hydrogen (secondary N) is 1. The molecular formula is C14H15ClFNO. The second-order valence-corrected chi connectivity index (χ2v) is 4.78. The van der Waals surface area contributed by atoms with Gasteiger partial charge in [-0.2, -0.15) is 0 Å². The quantitative estimate of drug-likeness (QED) is 0.892. The van der Waals surface area contributed by atoms with Gasteiger partial charge in [0.25, 0.3) is 0 Å². The summed E-state index contributed by atoms with van der Waals surface area (Å²) in [4.78, 5) is 0. The van der Waals surface area contributed by atoms with Crippen molar-refractivity contribution in [1.82, 2.24) is 5.32 Å². The van der Waals surface area contributed by atoms with Crippen molar-refractivity contribution in [1.29, 1.82) is 0 Å². The lowest BCUT2D eigenvalue weighted by Crippen LogP contribution is -2.27. The molecule has 1 unspecified atom stereocenters. The van der Waals surface area contributed by atoms with Gasteiger partial charge in [-0.3, -0.25) is 0 Å². The average Bonchev–Trinajstić information content (AvgIpc) is 2.78. The molecule has 0 fully saturated rings. The Morgan fingerprint density at radius 3 is 2.89 bits per heavy atom. The first-order valence-corrected chi connectivity index (χ1v) is 6.22. The molecule has 0 aliphatic heterocycles. The zero-order valence-corrected chi connectivity index (χ0v) is 10.9. The predicted molar refractivity (Wildman–Crippen MR) is 70.1 cm³/mol. The van der Waals surface area contributed by atoms with Gasteiger partial charge in [-0.1, -0.05) is 11.6 Å². The molecular weight excluding hydrogens is 253 g/mol. The molecule has 1 heterocycles. The van der Waals surface area contributed by atoms with Crippen LogP contribution >= 0.6 is 11.6 Å². The highest BCUT2D eigenvalue weighted by Crippen LogP contribution is 2.14. The van der Waals surface area contributed by atoms with Gasteiger partial charge in [0.15, 0.2) is 0 Å². The largest absolute Gasteiger partial charge is 0.469 e. The fourth-order valence-electron chi connectivity index (χ4n) is 1.81. The van der Waals surface area contributed by atoms with E-state index in [4.69, 9.17) is 16.0 Å². The Kier molecular flexibility index (Phi) is 4.39. The molecule has 2 rings (SSSR count). The monoisotopic (exact) mass is 267 g/mol. The minimum atomic E-state index is -0.307. The number of hydrogen-bond acceptors (Lipinski definition) is 2. The number of furan rings is 1. The molecule has 0 amide bonds. The maximum Gasteiger partial charge on any atom is 0.125 e. The Balaban J connectivity index is 1.87. The summed E-state index contributed by atoms with van der Waals surface area (Å²) < 4.78 is 18.4. The number of rotatable bonds is 5. The van der Waals surface area contributed by atoms with Crippen LogP contribution in [-0.2, 0) is 13.0 Å². The van der Waals surface area contributed by atoms with Crippen molar-refractivity contribution in [3.8, 4) is 0 Å². The Morgan fingerprint density at radius 2 is 2.22 bits per heavy atom. The minimum absolute atomic E-state index is 0.248. The van der Waals surface area contributed by atoms with E-state index in [-0.39, 0.29) is 11.9 Å². The number of hydrogen-bond donors (Lipinski definition) is 1. The van der Waals surface area contributed by atoms with Gasteiger partial charge in [-0.05, 0) is 42.8 Å². The fourth-order valence-corrected chi connectivity index (χ4v) is 2.05. The Labute approximate surface area is 111 Å². The first-order valence-electron chi connectivity index (χ1n) is 5.84. The lowest BCUT2D eigenvalue weighted by atomic mass is 10.1. The third kappa shape index (κ3) is 3.86. The summed E-state index contributed by atoms with van der Waals surface area (Å²) >= 11 is 5.80. The molecule has 0 spiro atoms. The topological polar surface area (TPSA) is 25.2 Å². The van der Waals surface area contributed by atoms with Gasteiger partial charge in [-0.25, -0.2) is 4.39 Å². The molecule has 1 atom stereocenters. The fraction of sp³-hybridized carbons (Fsp3) is 0.286. The van der Waals surface area contributed by atoms with Gasteiger partial charge in [0, 0.05) is 24.0 Å². The molecule has 1 aromatic heterocycles. The number of benzene rings is 1. The first kappa shape index (κ1) is 13.1. The second kappa shape index (κ2) is 6.03. The predicted octanol–water partition coefficient (Wildman–Crippen LogP) is 3.79. The zero-order valence-electron chi connectivity index (χ0n) is 10.1. The highest BCUT2D eigenvalue weighted by molar-refractivity contribution is 6.30. The molecule has 18 heavy (non-hydrogen) atoms. The van der Waals surface area contributed by atoms with Crippen LogP contribution in [0, 0.1) is 5.82 Å². The van der Waals surface area contributed by atoms with Crippen molar-refractivity contribution in [2.45, 2.75) is 25.9 Å². The summed E-state index contributed by atoms with van der Waals surface area (Å²) in [6.45, 7) is 2.64. The molecule has 1 aromatic carbocycles. The standard InChI is InChI=1S/C14H15ClFNO/c1-10(5-14-3-2-4-18-14)17-9-11-6-12(15)8-13(16)7-11/h2-4,6-8,10,17H,5,9H2,1H3. The summed E-state index contributed by atoms with van der Waals surface area (Å²) in [6, 6.07) is 8.61. The van der Waals surface area contributed by atoms with E-state index in [2.05, 4.69) is 12.2 Å². The maximum absolute atomic E-state index is 13.1. The van der Waals surface area contributed by atoms with E-state index < -0.39 is 0 Å². The molecule has 0 aliphatic rings. The van der Waals surface area contributed by atoms with Crippen LogP contribution < -0.4 is 5.32 Å². The normalized spacial score (nSPS) is 12.6. The van der Waals surface area contributed by atoms with Gasteiger partial charge in [0.05, 0.1) is 6.26 Å². The Morgan fingerprint density at radius 1 is 1.39 bits per heavy atom. The van der Waals surface area contributed by atoms with Crippen LogP contribution in [0.5, 0.6) is 0 Å². The van der Waals surface area contributed by atoms with E-state index in [9.17, 15) is 4.39 Å². The van der Waals surface area contributed by atoms with E-state index in [0.29, 0.717) is 11.6 Å². The van der Waals surface area contributed by atoms with Crippen LogP contribution in [0.4, 0.5) is 4.39 Å². The summed E-state index contributed by atoms with van der Waals surface area (Å²) in [5, 5.41) is 3.73. The summed E-state index contributed by atoms with van der Waals surface area (Å²) in [6.07, 6.45) is 2.46. The molecule has 0 saturated heterocycles. The highest BCUT2D eigenvalue weighted by Gasteiger charge is 2.06. The van der Waals surface area contributed by atoms with Gasteiger partial charge in [0.1, 0.15) is 11.6 Å². The van der Waals surface area contributed by atoms with Crippen molar-refractivity contribution in [2.75, 3.05) is 0 Å². The van der Waals surface area contributed by atoms with Crippen molar-refractivity contribution < 1.29 is 8.81 Å². The molecule has 2 nitrogen and oxygen atoms in total. The smallest absolute Gasteiger partial charge is 0.125 e. The van der Waals surface area contributed by atoms with Crippen molar-refractivity contribution in [3.05, 3.63) is 58.8 Å². The van der Waals surface area contributed by atoms with Gasteiger partial charge in [-0.15, -0.1) is 0 Å². The van der Waals surface area contributed by atoms with Gasteiger partial charge < -0.3 is 9.73 Å². The van der Waals surface area contributed by atoms with Crippen molar-refractivity contribution >= 4 is 11.6 Å².